The summed E-state index contributed by atoms with van der Waals surface area (Å²) in [7, 11) is 0. The fourth-order valence-corrected chi connectivity index (χ4v) is 1.12. The summed E-state index contributed by atoms with van der Waals surface area (Å²) >= 11 is -3.91. The van der Waals surface area contributed by atoms with Crippen molar-refractivity contribution in [3.05, 3.63) is 0 Å². The average Bonchev–Trinajstić information content (AvgIpc) is 2.26. The lowest BCUT2D eigenvalue weighted by molar-refractivity contribution is -0.121. The summed E-state index contributed by atoms with van der Waals surface area (Å²) in [5.74, 6) is -0.158. The van der Waals surface area contributed by atoms with Crippen LogP contribution < -0.4 is 10.6 Å². The summed E-state index contributed by atoms with van der Waals surface area (Å²) in [4.78, 5) is 11.1. The van der Waals surface area contributed by atoms with E-state index >= 15 is 0 Å². The lowest BCUT2D eigenvalue weighted by Crippen LogP contribution is -2.30. The fraction of sp³-hybridized carbons (Fsp3) is 0.889. The maximum absolute atomic E-state index is 11.1. The van der Waals surface area contributed by atoms with Gasteiger partial charge in [-0.2, -0.15) is 0 Å². The van der Waals surface area contributed by atoms with E-state index in [0.29, 0.717) is 13.0 Å². The van der Waals surface area contributed by atoms with E-state index in [1.807, 2.05) is 20.8 Å². The summed E-state index contributed by atoms with van der Waals surface area (Å²) in [6.45, 7) is 7.32. The van der Waals surface area contributed by atoms with Gasteiger partial charge in [0.25, 0.3) is 0 Å². The minimum Gasteiger partial charge on any atom is -0.354 e. The van der Waals surface area contributed by atoms with Crippen molar-refractivity contribution in [2.45, 2.75) is 27.2 Å². The fourth-order valence-electron chi connectivity index (χ4n) is 0.811. The Morgan fingerprint density at radius 2 is 1.82 bits per heavy atom. The van der Waals surface area contributed by atoms with E-state index in [1.165, 1.54) is 0 Å². The van der Waals surface area contributed by atoms with Crippen molar-refractivity contribution in [1.29, 1.82) is 0 Å². The van der Waals surface area contributed by atoms with Crippen molar-refractivity contribution in [3.63, 3.8) is 0 Å². The molecule has 8 heteroatoms. The van der Waals surface area contributed by atoms with Crippen molar-refractivity contribution >= 4 is 17.1 Å². The normalized spacial score (nSPS) is 11.4. The van der Waals surface area contributed by atoms with Crippen LogP contribution in [0.5, 0.6) is 0 Å². The van der Waals surface area contributed by atoms with Crippen molar-refractivity contribution in [3.8, 4) is 0 Å². The lowest BCUT2D eigenvalue weighted by Gasteiger charge is -2.17. The Morgan fingerprint density at radius 1 is 1.24 bits per heavy atom. The maximum Gasteiger partial charge on any atom is 0.221 e. The van der Waals surface area contributed by atoms with Crippen LogP contribution in [0.25, 0.3) is 0 Å². The summed E-state index contributed by atoms with van der Waals surface area (Å²) in [6.07, 6.45) is 0.350. The van der Waals surface area contributed by atoms with Gasteiger partial charge >= 0.3 is 0 Å². The number of carbonyl (C=O) groups is 1. The number of hydrogen-bond acceptors (Lipinski definition) is 6. The molecule has 0 unspecified atom stereocenters. The van der Waals surface area contributed by atoms with E-state index in [4.69, 9.17) is 13.7 Å². The minimum absolute atomic E-state index is 0.126. The van der Waals surface area contributed by atoms with E-state index in [0.717, 1.165) is 6.54 Å². The zero-order valence-electron chi connectivity index (χ0n) is 10.6. The summed E-state index contributed by atoms with van der Waals surface area (Å²) < 4.78 is 29.4. The monoisotopic (exact) mass is 272 g/mol. The second-order valence-corrected chi connectivity index (χ2v) is 3.92. The van der Waals surface area contributed by atoms with Gasteiger partial charge < -0.3 is 10.6 Å². The van der Waals surface area contributed by atoms with Gasteiger partial charge in [-0.3, -0.25) is 22.6 Å². The van der Waals surface area contributed by atoms with Crippen LogP contribution >= 0.6 is 11.2 Å². The van der Waals surface area contributed by atoms with Gasteiger partial charge in [-0.1, -0.05) is 20.8 Å². The molecule has 1 amide bonds. The molecule has 7 nitrogen and oxygen atoms in total. The molecule has 0 saturated heterocycles. The second kappa shape index (κ2) is 12.1. The Hall–Kier alpha value is -0.380. The third kappa shape index (κ3) is 18.2. The molecule has 0 aromatic rings. The highest BCUT2D eigenvalue weighted by Gasteiger charge is 2.11. The Kier molecular flexibility index (Phi) is 13.5. The van der Waals surface area contributed by atoms with Crippen LogP contribution in [-0.2, 0) is 8.98 Å². The van der Waals surface area contributed by atoms with Gasteiger partial charge in [0.1, 0.15) is 0 Å². The Morgan fingerprint density at radius 3 is 2.29 bits per heavy atom. The Labute approximate surface area is 104 Å². The molecule has 17 heavy (non-hydrogen) atoms. The first-order chi connectivity index (χ1) is 7.95. The van der Waals surface area contributed by atoms with E-state index in [2.05, 4.69) is 14.8 Å². The van der Waals surface area contributed by atoms with Crippen LogP contribution in [0.15, 0.2) is 0 Å². The Bertz CT molecular complexity index is 187. The summed E-state index contributed by atoms with van der Waals surface area (Å²) in [6, 6.07) is 0. The molecule has 0 rings (SSSR count). The van der Waals surface area contributed by atoms with Crippen LogP contribution in [0.1, 0.15) is 27.2 Å². The highest BCUT2D eigenvalue weighted by Crippen LogP contribution is 2.32. The molecule has 0 aliphatic rings. The summed E-state index contributed by atoms with van der Waals surface area (Å²) in [5, 5.41) is 5.48. The van der Waals surface area contributed by atoms with Gasteiger partial charge in [0, 0.05) is 19.5 Å². The first kappa shape index (κ1) is 19.0. The lowest BCUT2D eigenvalue weighted by atomic mass is 10.4. The summed E-state index contributed by atoms with van der Waals surface area (Å²) in [5.41, 5.74) is 0. The van der Waals surface area contributed by atoms with Gasteiger partial charge in [0.15, 0.2) is 0 Å². The standard InChI is InChI=1S/C7H18N2O5S.C2H6/c1-2-8-4-3-7(10)9-5-6-14-15(11,12)13;1-2/h8,11-13H,2-6H2,1H3,(H,9,10);1-2H3. The molecule has 0 bridgehead atoms. The van der Waals surface area contributed by atoms with Crippen LogP contribution in [-0.4, -0.2) is 45.8 Å². The SMILES string of the molecule is CC.CCNCCC(=O)NCCOS(O)(O)O. The number of carbonyl (C=O) groups excluding carboxylic acids is 1. The number of rotatable bonds is 8. The molecule has 5 N–H and O–H groups in total. The zero-order valence-corrected chi connectivity index (χ0v) is 11.4. The van der Waals surface area contributed by atoms with Crippen LogP contribution in [0.4, 0.5) is 0 Å². The van der Waals surface area contributed by atoms with Crippen molar-refractivity contribution in [1.82, 2.24) is 10.6 Å². The van der Waals surface area contributed by atoms with Gasteiger partial charge in [-0.05, 0) is 6.54 Å². The van der Waals surface area contributed by atoms with E-state index in [9.17, 15) is 4.79 Å². The smallest absolute Gasteiger partial charge is 0.221 e. The maximum atomic E-state index is 11.1. The quantitative estimate of drug-likeness (QED) is 0.426. The third-order valence-electron chi connectivity index (χ3n) is 1.44. The first-order valence-corrected chi connectivity index (χ1v) is 7.01. The van der Waals surface area contributed by atoms with Crippen molar-refractivity contribution in [2.75, 3.05) is 26.2 Å². The van der Waals surface area contributed by atoms with Crippen molar-refractivity contribution < 1.29 is 22.6 Å². The molecule has 0 radical (unpaired) electrons. The molecule has 0 heterocycles. The zero-order chi connectivity index (χ0) is 13.7. The van der Waals surface area contributed by atoms with E-state index < -0.39 is 11.2 Å². The first-order valence-electron chi connectivity index (χ1n) is 5.58. The van der Waals surface area contributed by atoms with Crippen molar-refractivity contribution in [2.24, 2.45) is 0 Å². The Balaban J connectivity index is 0. The molecule has 0 aromatic heterocycles. The molecule has 0 atom stereocenters. The van der Waals surface area contributed by atoms with Gasteiger partial charge in [-0.15, -0.1) is 0 Å². The molecule has 0 aliphatic carbocycles. The molecule has 0 aliphatic heterocycles. The molecule has 0 spiro atoms. The van der Waals surface area contributed by atoms with Gasteiger partial charge in [0.2, 0.25) is 17.1 Å². The largest absolute Gasteiger partial charge is 0.354 e. The molecule has 0 saturated carbocycles. The van der Waals surface area contributed by atoms with Crippen LogP contribution in [0.2, 0.25) is 0 Å². The number of nitrogens with one attached hydrogen (secondary N) is 2. The molecule has 0 fully saturated rings. The van der Waals surface area contributed by atoms with Crippen LogP contribution in [0.3, 0.4) is 0 Å². The topological polar surface area (TPSA) is 111 Å². The number of amides is 1. The number of hydrogen-bond donors (Lipinski definition) is 5. The predicted molar refractivity (Wildman–Crippen MR) is 68.9 cm³/mol. The molecular weight excluding hydrogens is 248 g/mol. The highest BCUT2D eigenvalue weighted by atomic mass is 32.3. The molecule has 0 aromatic carbocycles. The third-order valence-corrected chi connectivity index (χ3v) is 1.93. The minimum atomic E-state index is -3.91. The van der Waals surface area contributed by atoms with E-state index in [1.54, 1.807) is 0 Å². The van der Waals surface area contributed by atoms with Gasteiger partial charge in [-0.25, -0.2) is 0 Å². The predicted octanol–water partition coefficient (Wildman–Crippen LogP) is 1.28. The van der Waals surface area contributed by atoms with E-state index in [-0.39, 0.29) is 19.1 Å². The van der Waals surface area contributed by atoms with Gasteiger partial charge in [0.05, 0.1) is 6.61 Å². The highest BCUT2D eigenvalue weighted by molar-refractivity contribution is 8.15. The van der Waals surface area contributed by atoms with Crippen LogP contribution in [0, 0.1) is 0 Å². The average molecular weight is 272 g/mol. The second-order valence-electron chi connectivity index (χ2n) is 2.74. The molecule has 106 valence electrons. The molecular formula is C9H24N2O5S.